The van der Waals surface area contributed by atoms with Crippen LogP contribution in [-0.2, 0) is 0 Å². The maximum absolute atomic E-state index is 8.96. The highest BCUT2D eigenvalue weighted by Gasteiger charge is 2.17. The number of nitrogens with two attached hydrogens (primary N) is 1. The van der Waals surface area contributed by atoms with Gasteiger partial charge in [-0.1, -0.05) is 58.7 Å². The number of benzene rings is 2. The number of oxime groups is 1. The van der Waals surface area contributed by atoms with Crippen molar-refractivity contribution in [3.8, 4) is 0 Å². The van der Waals surface area contributed by atoms with E-state index in [0.717, 1.165) is 10.5 Å². The van der Waals surface area contributed by atoms with Crippen LogP contribution in [-0.4, -0.2) is 16.8 Å². The van der Waals surface area contributed by atoms with Crippen LogP contribution in [0.4, 0.5) is 0 Å². The fraction of sp³-hybridized carbons (Fsp3) is 0.133. The highest BCUT2D eigenvalue weighted by Crippen LogP contribution is 2.31. The maximum Gasteiger partial charge on any atom is 0.147 e. The van der Waals surface area contributed by atoms with Gasteiger partial charge in [-0.2, -0.15) is 0 Å². The van der Waals surface area contributed by atoms with Crippen molar-refractivity contribution in [3.05, 3.63) is 64.1 Å². The molecule has 3 N–H and O–H groups in total. The number of halogens is 2. The Balaban J connectivity index is 2.15. The van der Waals surface area contributed by atoms with E-state index in [0.29, 0.717) is 15.8 Å². The van der Waals surface area contributed by atoms with Gasteiger partial charge in [0.25, 0.3) is 0 Å². The molecule has 21 heavy (non-hydrogen) atoms. The predicted molar refractivity (Wildman–Crippen MR) is 89.8 cm³/mol. The molecule has 0 amide bonds. The monoisotopic (exact) mass is 340 g/mol. The number of thioether (sulfide) groups is 1. The van der Waals surface area contributed by atoms with Crippen LogP contribution in [0.1, 0.15) is 11.5 Å². The van der Waals surface area contributed by atoms with Crippen LogP contribution in [0.5, 0.6) is 0 Å². The molecule has 3 nitrogen and oxygen atoms in total. The molecule has 1 atom stereocenters. The lowest BCUT2D eigenvalue weighted by Crippen LogP contribution is -2.23. The second-order valence-electron chi connectivity index (χ2n) is 4.38. The molecule has 0 saturated heterocycles. The van der Waals surface area contributed by atoms with E-state index in [1.165, 1.54) is 0 Å². The van der Waals surface area contributed by atoms with Crippen LogP contribution in [0.2, 0.25) is 10.0 Å². The third kappa shape index (κ3) is 4.30. The van der Waals surface area contributed by atoms with Crippen molar-refractivity contribution in [1.29, 1.82) is 0 Å². The number of rotatable bonds is 5. The summed E-state index contributed by atoms with van der Waals surface area (Å²) in [6, 6.07) is 15.2. The van der Waals surface area contributed by atoms with Crippen molar-refractivity contribution >= 4 is 40.8 Å². The number of nitrogens with zero attached hydrogens (tertiary/aromatic N) is 1. The van der Waals surface area contributed by atoms with E-state index in [4.69, 9.17) is 34.1 Å². The van der Waals surface area contributed by atoms with E-state index in [-0.39, 0.29) is 11.8 Å². The molecule has 2 rings (SSSR count). The molecule has 2 aromatic carbocycles. The Bertz CT molecular complexity index is 635. The molecule has 0 fully saturated rings. The molecule has 1 unspecified atom stereocenters. The zero-order valence-electron chi connectivity index (χ0n) is 11.0. The molecule has 2 aromatic rings. The minimum absolute atomic E-state index is 0.171. The highest BCUT2D eigenvalue weighted by molar-refractivity contribution is 7.99. The molecule has 0 saturated carbocycles. The Morgan fingerprint density at radius 2 is 1.86 bits per heavy atom. The largest absolute Gasteiger partial charge is 0.409 e. The van der Waals surface area contributed by atoms with E-state index in [1.807, 2.05) is 42.5 Å². The van der Waals surface area contributed by atoms with Crippen LogP contribution >= 0.6 is 35.0 Å². The minimum Gasteiger partial charge on any atom is -0.409 e. The van der Waals surface area contributed by atoms with Gasteiger partial charge in [0, 0.05) is 10.6 Å². The predicted octanol–water partition coefficient (Wildman–Crippen LogP) is 4.62. The molecule has 6 heteroatoms. The summed E-state index contributed by atoms with van der Waals surface area (Å²) in [4.78, 5) is 0.982. The van der Waals surface area contributed by atoms with Crippen molar-refractivity contribution in [2.75, 3.05) is 5.75 Å². The summed E-state index contributed by atoms with van der Waals surface area (Å²) in [6.45, 7) is 0. The summed E-state index contributed by atoms with van der Waals surface area (Å²) in [7, 11) is 0. The van der Waals surface area contributed by atoms with Gasteiger partial charge in [0.05, 0.1) is 16.0 Å². The summed E-state index contributed by atoms with van der Waals surface area (Å²) >= 11 is 13.5. The zero-order valence-corrected chi connectivity index (χ0v) is 13.4. The van der Waals surface area contributed by atoms with Crippen molar-refractivity contribution in [2.24, 2.45) is 10.9 Å². The smallest absolute Gasteiger partial charge is 0.147 e. The van der Waals surface area contributed by atoms with Gasteiger partial charge in [0.2, 0.25) is 0 Å². The van der Waals surface area contributed by atoms with Crippen LogP contribution in [0, 0.1) is 0 Å². The zero-order chi connectivity index (χ0) is 15.2. The van der Waals surface area contributed by atoms with Crippen LogP contribution in [0.15, 0.2) is 58.6 Å². The molecule has 110 valence electrons. The molecular weight excluding hydrogens is 327 g/mol. The van der Waals surface area contributed by atoms with E-state index >= 15 is 0 Å². The molecule has 0 aromatic heterocycles. The molecule has 0 aliphatic rings. The summed E-state index contributed by atoms with van der Waals surface area (Å²) < 4.78 is 0. The van der Waals surface area contributed by atoms with Crippen LogP contribution in [0.3, 0.4) is 0 Å². The SMILES string of the molecule is NC(=NO)C(CSc1ccc(Cl)c(Cl)c1)c1ccccc1. The summed E-state index contributed by atoms with van der Waals surface area (Å²) in [5.41, 5.74) is 6.81. The third-order valence-electron chi connectivity index (χ3n) is 2.98. The second-order valence-corrected chi connectivity index (χ2v) is 6.28. The number of hydrogen-bond donors (Lipinski definition) is 2. The lowest BCUT2D eigenvalue weighted by atomic mass is 10.0. The van der Waals surface area contributed by atoms with Crippen molar-refractivity contribution < 1.29 is 5.21 Å². The first-order valence-electron chi connectivity index (χ1n) is 6.22. The third-order valence-corrected chi connectivity index (χ3v) is 4.81. The highest BCUT2D eigenvalue weighted by atomic mass is 35.5. The fourth-order valence-electron chi connectivity index (χ4n) is 1.85. The second kappa shape index (κ2) is 7.59. The van der Waals surface area contributed by atoms with Gasteiger partial charge in [0.1, 0.15) is 5.84 Å². The van der Waals surface area contributed by atoms with E-state index in [1.54, 1.807) is 17.8 Å². The molecule has 0 aliphatic carbocycles. The van der Waals surface area contributed by atoms with Gasteiger partial charge in [0.15, 0.2) is 0 Å². The molecule has 0 radical (unpaired) electrons. The molecular formula is C15H14Cl2N2OS. The molecule has 0 bridgehead atoms. The number of hydrogen-bond acceptors (Lipinski definition) is 3. The summed E-state index contributed by atoms with van der Waals surface area (Å²) in [6.07, 6.45) is 0. The topological polar surface area (TPSA) is 58.6 Å². The molecule has 0 aliphatic heterocycles. The summed E-state index contributed by atoms with van der Waals surface area (Å²) in [5.74, 6) is 0.655. The lowest BCUT2D eigenvalue weighted by Gasteiger charge is -2.15. The molecule has 0 heterocycles. The average molecular weight is 341 g/mol. The first kappa shape index (κ1) is 16.0. The average Bonchev–Trinajstić information content (AvgIpc) is 2.51. The first-order chi connectivity index (χ1) is 10.1. The van der Waals surface area contributed by atoms with E-state index in [2.05, 4.69) is 5.16 Å². The van der Waals surface area contributed by atoms with E-state index in [9.17, 15) is 0 Å². The van der Waals surface area contributed by atoms with Crippen LogP contribution in [0.25, 0.3) is 0 Å². The maximum atomic E-state index is 8.96. The van der Waals surface area contributed by atoms with Crippen molar-refractivity contribution in [1.82, 2.24) is 0 Å². The van der Waals surface area contributed by atoms with Crippen molar-refractivity contribution in [2.45, 2.75) is 10.8 Å². The number of amidine groups is 1. The normalized spacial score (nSPS) is 13.1. The van der Waals surface area contributed by atoms with Gasteiger partial charge in [-0.25, -0.2) is 0 Å². The standard InChI is InChI=1S/C15H14Cl2N2OS/c16-13-7-6-11(8-14(13)17)21-9-12(15(18)19-20)10-4-2-1-3-5-10/h1-8,12,20H,9H2,(H2,18,19). The molecule has 0 spiro atoms. The Kier molecular flexibility index (Phi) is 5.79. The van der Waals surface area contributed by atoms with Gasteiger partial charge in [-0.05, 0) is 23.8 Å². The fourth-order valence-corrected chi connectivity index (χ4v) is 3.30. The lowest BCUT2D eigenvalue weighted by molar-refractivity contribution is 0.316. The quantitative estimate of drug-likeness (QED) is 0.274. The van der Waals surface area contributed by atoms with Crippen LogP contribution < -0.4 is 5.73 Å². The summed E-state index contributed by atoms with van der Waals surface area (Å²) in [5, 5.41) is 13.1. The van der Waals surface area contributed by atoms with Gasteiger partial charge < -0.3 is 10.9 Å². The Hall–Kier alpha value is -1.36. The van der Waals surface area contributed by atoms with E-state index < -0.39 is 0 Å². The Labute approximate surface area is 137 Å². The van der Waals surface area contributed by atoms with Crippen molar-refractivity contribution in [3.63, 3.8) is 0 Å². The Morgan fingerprint density at radius 1 is 1.14 bits per heavy atom. The van der Waals surface area contributed by atoms with Gasteiger partial charge in [-0.3, -0.25) is 0 Å². The first-order valence-corrected chi connectivity index (χ1v) is 7.96. The van der Waals surface area contributed by atoms with Gasteiger partial charge >= 0.3 is 0 Å². The minimum atomic E-state index is -0.171. The van der Waals surface area contributed by atoms with Gasteiger partial charge in [-0.15, -0.1) is 11.8 Å². The Morgan fingerprint density at radius 3 is 2.48 bits per heavy atom.